The van der Waals surface area contributed by atoms with Gasteiger partial charge in [0.15, 0.2) is 0 Å². The van der Waals surface area contributed by atoms with Gasteiger partial charge in [-0.1, -0.05) is 50.2 Å². The van der Waals surface area contributed by atoms with Crippen molar-refractivity contribution in [2.75, 3.05) is 20.2 Å². The fourth-order valence-electron chi connectivity index (χ4n) is 4.27. The van der Waals surface area contributed by atoms with E-state index in [1.807, 2.05) is 12.1 Å². The number of hydrogen-bond acceptors (Lipinski definition) is 3. The summed E-state index contributed by atoms with van der Waals surface area (Å²) in [6.45, 7) is 8.96. The Morgan fingerprint density at radius 2 is 1.90 bits per heavy atom. The normalized spacial score (nSPS) is 20.5. The molecule has 1 saturated heterocycles. The topological polar surface area (TPSA) is 41.6 Å². The lowest BCUT2D eigenvalue weighted by atomic mass is 9.83. The number of amides is 1. The molecule has 1 heterocycles. The highest BCUT2D eigenvalue weighted by Gasteiger charge is 2.32. The molecule has 1 N–H and O–H groups in total. The van der Waals surface area contributed by atoms with Crippen LogP contribution in [0.5, 0.6) is 5.75 Å². The highest BCUT2D eigenvalue weighted by molar-refractivity contribution is 5.79. The molecule has 4 nitrogen and oxygen atoms in total. The largest absolute Gasteiger partial charge is 0.497 e. The molecule has 0 spiro atoms. The number of benzene rings is 2. The fourth-order valence-corrected chi connectivity index (χ4v) is 4.27. The molecule has 0 bridgehead atoms. The monoisotopic (exact) mass is 408 g/mol. The molecule has 1 aliphatic heterocycles. The van der Waals surface area contributed by atoms with Crippen molar-refractivity contribution in [1.29, 1.82) is 0 Å². The van der Waals surface area contributed by atoms with Crippen LogP contribution in [0, 0.1) is 5.92 Å². The average Bonchev–Trinajstić information content (AvgIpc) is 2.78. The van der Waals surface area contributed by atoms with Crippen LogP contribution in [0.15, 0.2) is 48.5 Å². The van der Waals surface area contributed by atoms with E-state index < -0.39 is 0 Å². The van der Waals surface area contributed by atoms with Gasteiger partial charge in [-0.15, -0.1) is 0 Å². The average molecular weight is 409 g/mol. The molecule has 0 saturated carbocycles. The lowest BCUT2D eigenvalue weighted by Crippen LogP contribution is -2.47. The minimum atomic E-state index is 0.00853. The first kappa shape index (κ1) is 22.4. The number of carbonyl (C=O) groups is 1. The highest BCUT2D eigenvalue weighted by Crippen LogP contribution is 2.32. The van der Waals surface area contributed by atoms with Gasteiger partial charge in [0.05, 0.1) is 13.0 Å². The number of ether oxygens (including phenoxy) is 1. The lowest BCUT2D eigenvalue weighted by Gasteiger charge is -2.38. The maximum Gasteiger partial charge on any atom is 0.224 e. The molecular weight excluding hydrogens is 372 g/mol. The summed E-state index contributed by atoms with van der Waals surface area (Å²) in [5, 5.41) is 3.21. The van der Waals surface area contributed by atoms with E-state index in [2.05, 4.69) is 67.4 Å². The van der Waals surface area contributed by atoms with E-state index in [1.165, 1.54) is 16.7 Å². The van der Waals surface area contributed by atoms with Gasteiger partial charge in [-0.3, -0.25) is 9.69 Å². The molecule has 1 fully saturated rings. The molecule has 162 valence electrons. The van der Waals surface area contributed by atoms with Gasteiger partial charge in [0.1, 0.15) is 5.75 Å². The maximum absolute atomic E-state index is 13.0. The van der Waals surface area contributed by atoms with E-state index in [-0.39, 0.29) is 17.9 Å². The van der Waals surface area contributed by atoms with Crippen molar-refractivity contribution in [3.63, 3.8) is 0 Å². The van der Waals surface area contributed by atoms with Gasteiger partial charge in [-0.05, 0) is 60.9 Å². The van der Waals surface area contributed by atoms with Crippen molar-refractivity contribution in [3.8, 4) is 5.75 Å². The first-order valence-corrected chi connectivity index (χ1v) is 11.3. The first-order chi connectivity index (χ1) is 14.5. The Morgan fingerprint density at radius 1 is 1.13 bits per heavy atom. The van der Waals surface area contributed by atoms with Gasteiger partial charge in [0.2, 0.25) is 5.91 Å². The Kier molecular flexibility index (Phi) is 7.92. The van der Waals surface area contributed by atoms with Gasteiger partial charge in [-0.25, -0.2) is 0 Å². The second-order valence-electron chi connectivity index (χ2n) is 8.59. The van der Waals surface area contributed by atoms with E-state index in [0.29, 0.717) is 5.92 Å². The van der Waals surface area contributed by atoms with Crippen LogP contribution in [0.2, 0.25) is 0 Å². The quantitative estimate of drug-likeness (QED) is 0.684. The van der Waals surface area contributed by atoms with Crippen LogP contribution in [0.1, 0.15) is 56.2 Å². The number of piperidine rings is 1. The van der Waals surface area contributed by atoms with Crippen LogP contribution in [0.25, 0.3) is 0 Å². The zero-order chi connectivity index (χ0) is 21.5. The molecule has 1 aliphatic rings. The zero-order valence-electron chi connectivity index (χ0n) is 18.9. The fraction of sp³-hybridized carbons (Fsp3) is 0.500. The van der Waals surface area contributed by atoms with Gasteiger partial charge in [0.25, 0.3) is 0 Å². The highest BCUT2D eigenvalue weighted by atomic mass is 16.5. The summed E-state index contributed by atoms with van der Waals surface area (Å²) in [4.78, 5) is 15.4. The van der Waals surface area contributed by atoms with Crippen LogP contribution >= 0.6 is 0 Å². The molecule has 0 radical (unpaired) electrons. The Labute approximate surface area is 181 Å². The van der Waals surface area contributed by atoms with Crippen molar-refractivity contribution >= 4 is 5.91 Å². The summed E-state index contributed by atoms with van der Waals surface area (Å²) in [6.07, 6.45) is 2.91. The second kappa shape index (κ2) is 10.6. The van der Waals surface area contributed by atoms with E-state index in [0.717, 1.165) is 44.6 Å². The number of carbonyl (C=O) groups excluding carboxylic acids is 1. The predicted molar refractivity (Wildman–Crippen MR) is 123 cm³/mol. The van der Waals surface area contributed by atoms with Crippen LogP contribution in [0.3, 0.4) is 0 Å². The summed E-state index contributed by atoms with van der Waals surface area (Å²) in [6, 6.07) is 17.4. The number of methoxy groups -OCH3 is 1. The van der Waals surface area contributed by atoms with Crippen molar-refractivity contribution in [2.24, 2.45) is 5.92 Å². The standard InChI is InChI=1S/C26H36N2O2/c1-5-19(3)27-26(29)24-15-23(22-12-10-20(6-2)11-13-22)17-28(18-24)16-21-8-7-9-25(14-21)30-4/h7-14,19,23-24H,5-6,15-18H2,1-4H3,(H,27,29)/t19-,23+,24-/m0/s1. The minimum Gasteiger partial charge on any atom is -0.497 e. The molecule has 1 amide bonds. The van der Waals surface area contributed by atoms with Crippen LogP contribution in [0.4, 0.5) is 0 Å². The third-order valence-corrected chi connectivity index (χ3v) is 6.30. The Morgan fingerprint density at radius 3 is 2.57 bits per heavy atom. The lowest BCUT2D eigenvalue weighted by molar-refractivity contribution is -0.127. The molecule has 4 heteroatoms. The Balaban J connectivity index is 1.79. The van der Waals surface area contributed by atoms with Gasteiger partial charge < -0.3 is 10.1 Å². The molecule has 30 heavy (non-hydrogen) atoms. The minimum absolute atomic E-state index is 0.00853. The van der Waals surface area contributed by atoms with Crippen molar-refractivity contribution in [3.05, 3.63) is 65.2 Å². The molecular formula is C26H36N2O2. The number of nitrogens with one attached hydrogen (secondary N) is 1. The summed E-state index contributed by atoms with van der Waals surface area (Å²) < 4.78 is 5.39. The molecule has 3 atom stereocenters. The summed E-state index contributed by atoms with van der Waals surface area (Å²) >= 11 is 0. The van der Waals surface area contributed by atoms with Crippen LogP contribution < -0.4 is 10.1 Å². The maximum atomic E-state index is 13.0. The van der Waals surface area contributed by atoms with E-state index in [9.17, 15) is 4.79 Å². The molecule has 0 aliphatic carbocycles. The van der Waals surface area contributed by atoms with Crippen LogP contribution in [-0.4, -0.2) is 37.0 Å². The number of likely N-dealkylation sites (tertiary alicyclic amines) is 1. The van der Waals surface area contributed by atoms with E-state index >= 15 is 0 Å². The Hall–Kier alpha value is -2.33. The Bertz CT molecular complexity index is 818. The molecule has 2 aromatic carbocycles. The summed E-state index contributed by atoms with van der Waals surface area (Å²) in [5.41, 5.74) is 3.91. The second-order valence-corrected chi connectivity index (χ2v) is 8.59. The van der Waals surface area contributed by atoms with Crippen LogP contribution in [-0.2, 0) is 17.8 Å². The predicted octanol–water partition coefficient (Wildman–Crippen LogP) is 4.78. The van der Waals surface area contributed by atoms with Crippen molar-refractivity contribution in [1.82, 2.24) is 10.2 Å². The molecule has 0 aromatic heterocycles. The van der Waals surface area contributed by atoms with Gasteiger partial charge in [0, 0.05) is 25.7 Å². The molecule has 3 rings (SSSR count). The summed E-state index contributed by atoms with van der Waals surface area (Å²) in [7, 11) is 1.70. The molecule has 2 aromatic rings. The van der Waals surface area contributed by atoms with Gasteiger partial charge >= 0.3 is 0 Å². The molecule has 0 unspecified atom stereocenters. The van der Waals surface area contributed by atoms with Gasteiger partial charge in [-0.2, -0.15) is 0 Å². The number of rotatable bonds is 8. The zero-order valence-corrected chi connectivity index (χ0v) is 18.9. The van der Waals surface area contributed by atoms with Crippen molar-refractivity contribution < 1.29 is 9.53 Å². The number of hydrogen-bond donors (Lipinski definition) is 1. The third kappa shape index (κ3) is 5.85. The SMILES string of the molecule is CCc1ccc([C@@H]2C[C@H](C(=O)N[C@@H](C)CC)CN(Cc3cccc(OC)c3)C2)cc1. The third-order valence-electron chi connectivity index (χ3n) is 6.30. The van der Waals surface area contributed by atoms with E-state index in [1.54, 1.807) is 7.11 Å². The smallest absolute Gasteiger partial charge is 0.224 e. The van der Waals surface area contributed by atoms with E-state index in [4.69, 9.17) is 4.74 Å². The number of aryl methyl sites for hydroxylation is 1. The summed E-state index contributed by atoms with van der Waals surface area (Å²) in [5.74, 6) is 1.44. The number of nitrogens with zero attached hydrogens (tertiary/aromatic N) is 1. The first-order valence-electron chi connectivity index (χ1n) is 11.3. The van der Waals surface area contributed by atoms with Crippen molar-refractivity contribution in [2.45, 2.75) is 58.5 Å².